The van der Waals surface area contributed by atoms with Gasteiger partial charge in [-0.1, -0.05) is 42.1 Å². The van der Waals surface area contributed by atoms with E-state index in [2.05, 4.69) is 17.2 Å². The molecule has 26 heavy (non-hydrogen) atoms. The first kappa shape index (κ1) is 18.3. The molecule has 3 rings (SSSR count). The Morgan fingerprint density at radius 3 is 2.69 bits per heavy atom. The molecule has 1 N–H and O–H groups in total. The van der Waals surface area contributed by atoms with Gasteiger partial charge in [-0.3, -0.25) is 4.79 Å². The van der Waals surface area contributed by atoms with E-state index >= 15 is 0 Å². The average molecular weight is 366 g/mol. The molecule has 0 aliphatic heterocycles. The number of nitrogens with one attached hydrogen (secondary N) is 1. The van der Waals surface area contributed by atoms with Crippen LogP contribution in [0.25, 0.3) is 10.9 Å². The molecule has 0 saturated carbocycles. The van der Waals surface area contributed by atoms with Crippen LogP contribution in [0.5, 0.6) is 5.75 Å². The Kier molecular flexibility index (Phi) is 5.78. The Balaban J connectivity index is 1.66. The van der Waals surface area contributed by atoms with Crippen molar-refractivity contribution >= 4 is 28.6 Å². The number of nitrogens with zero attached hydrogens (tertiary/aromatic N) is 1. The monoisotopic (exact) mass is 366 g/mol. The van der Waals surface area contributed by atoms with Gasteiger partial charge in [-0.15, -0.1) is 0 Å². The molecule has 1 amide bonds. The molecule has 0 aliphatic rings. The molecule has 0 bridgehead atoms. The van der Waals surface area contributed by atoms with Crippen molar-refractivity contribution in [3.8, 4) is 5.75 Å². The fourth-order valence-corrected chi connectivity index (χ4v) is 3.59. The summed E-state index contributed by atoms with van der Waals surface area (Å²) in [7, 11) is 1.64. The van der Waals surface area contributed by atoms with Gasteiger partial charge in [0.15, 0.2) is 0 Å². The normalized spacial score (nSPS) is 12.0. The SMILES string of the molecule is COc1ccc2c(C)cc(SCC(=O)N[C@@H](C)c3ccccc3)nc2c1. The number of methoxy groups -OCH3 is 1. The molecule has 4 nitrogen and oxygen atoms in total. The number of carbonyl (C=O) groups excluding carboxylic acids is 1. The number of amides is 1. The van der Waals surface area contributed by atoms with Gasteiger partial charge >= 0.3 is 0 Å². The smallest absolute Gasteiger partial charge is 0.230 e. The molecular formula is C21H22N2O2S. The largest absolute Gasteiger partial charge is 0.497 e. The minimum absolute atomic E-state index is 0.00320. The molecular weight excluding hydrogens is 344 g/mol. The Morgan fingerprint density at radius 2 is 1.96 bits per heavy atom. The predicted octanol–water partition coefficient (Wildman–Crippen LogP) is 4.52. The maximum absolute atomic E-state index is 12.3. The Labute approximate surface area is 158 Å². The molecule has 0 unspecified atom stereocenters. The van der Waals surface area contributed by atoms with Crippen molar-refractivity contribution in [1.29, 1.82) is 0 Å². The van der Waals surface area contributed by atoms with Gasteiger partial charge in [-0.2, -0.15) is 0 Å². The summed E-state index contributed by atoms with van der Waals surface area (Å²) in [5.74, 6) is 1.11. The van der Waals surface area contributed by atoms with Crippen molar-refractivity contribution in [1.82, 2.24) is 10.3 Å². The Morgan fingerprint density at radius 1 is 1.19 bits per heavy atom. The number of rotatable bonds is 6. The van der Waals surface area contributed by atoms with Crippen molar-refractivity contribution in [2.45, 2.75) is 24.9 Å². The first-order valence-corrected chi connectivity index (χ1v) is 9.48. The quantitative estimate of drug-likeness (QED) is 0.652. The van der Waals surface area contributed by atoms with E-state index in [9.17, 15) is 4.79 Å². The standard InChI is InChI=1S/C21H22N2O2S/c1-14-11-21(23-19-12-17(25-3)9-10-18(14)19)26-13-20(24)22-15(2)16-7-5-4-6-8-16/h4-12,15H,13H2,1-3H3,(H,22,24)/t15-/m0/s1. The molecule has 1 aromatic heterocycles. The molecule has 0 aliphatic carbocycles. The summed E-state index contributed by atoms with van der Waals surface area (Å²) < 4.78 is 5.28. The fraction of sp³-hybridized carbons (Fsp3) is 0.238. The first-order chi connectivity index (χ1) is 12.6. The maximum Gasteiger partial charge on any atom is 0.230 e. The van der Waals surface area contributed by atoms with Gasteiger partial charge in [-0.05, 0) is 43.2 Å². The summed E-state index contributed by atoms with van der Waals surface area (Å²) in [5, 5.41) is 4.96. The van der Waals surface area contributed by atoms with Gasteiger partial charge in [0.05, 0.1) is 29.4 Å². The summed E-state index contributed by atoms with van der Waals surface area (Å²) in [6, 6.07) is 17.8. The van der Waals surface area contributed by atoms with Crippen LogP contribution in [0.1, 0.15) is 24.1 Å². The lowest BCUT2D eigenvalue weighted by molar-refractivity contribution is -0.119. The summed E-state index contributed by atoms with van der Waals surface area (Å²) in [4.78, 5) is 16.9. The maximum atomic E-state index is 12.3. The van der Waals surface area contributed by atoms with E-state index in [0.29, 0.717) is 5.75 Å². The van der Waals surface area contributed by atoms with Gasteiger partial charge in [-0.25, -0.2) is 4.98 Å². The summed E-state index contributed by atoms with van der Waals surface area (Å²) in [6.45, 7) is 4.04. The van der Waals surface area contributed by atoms with Crippen LogP contribution in [0, 0.1) is 6.92 Å². The lowest BCUT2D eigenvalue weighted by atomic mass is 10.1. The molecule has 1 atom stereocenters. The van der Waals surface area contributed by atoms with Crippen LogP contribution in [0.3, 0.4) is 0 Å². The molecule has 1 heterocycles. The van der Waals surface area contributed by atoms with E-state index in [1.54, 1.807) is 7.11 Å². The number of aryl methyl sites for hydroxylation is 1. The van der Waals surface area contributed by atoms with Crippen molar-refractivity contribution < 1.29 is 9.53 Å². The second-order valence-electron chi connectivity index (χ2n) is 6.15. The highest BCUT2D eigenvalue weighted by Crippen LogP contribution is 2.26. The zero-order valence-corrected chi connectivity index (χ0v) is 16.0. The summed E-state index contributed by atoms with van der Waals surface area (Å²) in [5.41, 5.74) is 3.11. The van der Waals surface area contributed by atoms with E-state index in [0.717, 1.165) is 32.8 Å². The van der Waals surface area contributed by atoms with Gasteiger partial charge in [0, 0.05) is 11.5 Å². The number of carbonyl (C=O) groups is 1. The minimum atomic E-state index is -0.0140. The van der Waals surface area contributed by atoms with Gasteiger partial charge in [0.2, 0.25) is 5.91 Å². The van der Waals surface area contributed by atoms with Crippen molar-refractivity contribution in [2.24, 2.45) is 0 Å². The molecule has 0 saturated heterocycles. The molecule has 0 radical (unpaired) electrons. The third kappa shape index (κ3) is 4.35. The number of fused-ring (bicyclic) bond motifs is 1. The zero-order chi connectivity index (χ0) is 18.5. The third-order valence-electron chi connectivity index (χ3n) is 4.23. The third-order valence-corrected chi connectivity index (χ3v) is 5.14. The van der Waals surface area contributed by atoms with E-state index in [4.69, 9.17) is 4.74 Å². The summed E-state index contributed by atoms with van der Waals surface area (Å²) in [6.07, 6.45) is 0. The van der Waals surface area contributed by atoms with Crippen molar-refractivity contribution in [3.05, 3.63) is 65.7 Å². The highest BCUT2D eigenvalue weighted by molar-refractivity contribution is 7.99. The number of thioether (sulfide) groups is 1. The number of hydrogen-bond acceptors (Lipinski definition) is 4. The summed E-state index contributed by atoms with van der Waals surface area (Å²) >= 11 is 1.44. The first-order valence-electron chi connectivity index (χ1n) is 8.49. The van der Waals surface area contributed by atoms with Crippen LogP contribution in [-0.4, -0.2) is 23.8 Å². The van der Waals surface area contributed by atoms with Gasteiger partial charge in [0.25, 0.3) is 0 Å². The van der Waals surface area contributed by atoms with Gasteiger partial charge in [0.1, 0.15) is 5.75 Å². The second kappa shape index (κ2) is 8.23. The highest BCUT2D eigenvalue weighted by Gasteiger charge is 2.11. The van der Waals surface area contributed by atoms with E-state index in [1.807, 2.05) is 61.5 Å². The van der Waals surface area contributed by atoms with Crippen molar-refractivity contribution in [2.75, 3.05) is 12.9 Å². The molecule has 2 aromatic carbocycles. The highest BCUT2D eigenvalue weighted by atomic mass is 32.2. The Hall–Kier alpha value is -2.53. The van der Waals surface area contributed by atoms with Crippen LogP contribution in [0.2, 0.25) is 0 Å². The molecule has 0 spiro atoms. The van der Waals surface area contributed by atoms with Crippen LogP contribution < -0.4 is 10.1 Å². The average Bonchev–Trinajstić information content (AvgIpc) is 2.66. The zero-order valence-electron chi connectivity index (χ0n) is 15.2. The second-order valence-corrected chi connectivity index (χ2v) is 7.14. The fourth-order valence-electron chi connectivity index (χ4n) is 2.80. The number of hydrogen-bond donors (Lipinski definition) is 1. The van der Waals surface area contributed by atoms with Gasteiger partial charge < -0.3 is 10.1 Å². The topological polar surface area (TPSA) is 51.2 Å². The minimum Gasteiger partial charge on any atom is -0.497 e. The number of aromatic nitrogens is 1. The van der Waals surface area contributed by atoms with E-state index in [1.165, 1.54) is 11.8 Å². The van der Waals surface area contributed by atoms with Crippen LogP contribution in [-0.2, 0) is 4.79 Å². The molecule has 134 valence electrons. The van der Waals surface area contributed by atoms with Crippen LogP contribution >= 0.6 is 11.8 Å². The predicted molar refractivity (Wildman–Crippen MR) is 107 cm³/mol. The van der Waals surface area contributed by atoms with Crippen LogP contribution in [0.15, 0.2) is 59.6 Å². The lowest BCUT2D eigenvalue weighted by Crippen LogP contribution is -2.28. The van der Waals surface area contributed by atoms with Crippen LogP contribution in [0.4, 0.5) is 0 Å². The lowest BCUT2D eigenvalue weighted by Gasteiger charge is -2.14. The molecule has 3 aromatic rings. The number of ether oxygens (including phenoxy) is 1. The molecule has 5 heteroatoms. The van der Waals surface area contributed by atoms with E-state index < -0.39 is 0 Å². The number of pyridine rings is 1. The molecule has 0 fully saturated rings. The van der Waals surface area contributed by atoms with Crippen molar-refractivity contribution in [3.63, 3.8) is 0 Å². The number of benzene rings is 2. The van der Waals surface area contributed by atoms with E-state index in [-0.39, 0.29) is 11.9 Å². The Bertz CT molecular complexity index is 913.